The van der Waals surface area contributed by atoms with E-state index < -0.39 is 6.10 Å². The zero-order valence-corrected chi connectivity index (χ0v) is 12.2. The number of benzene rings is 1. The molecule has 0 aliphatic heterocycles. The number of hydrogen-bond donors (Lipinski definition) is 1. The summed E-state index contributed by atoms with van der Waals surface area (Å²) in [5.74, 6) is -0.332. The summed E-state index contributed by atoms with van der Waals surface area (Å²) in [6.45, 7) is 2.07. The summed E-state index contributed by atoms with van der Waals surface area (Å²) in [6, 6.07) is 8.46. The Bertz CT molecular complexity index is 557. The molecule has 1 unspecified atom stereocenters. The number of nitrogens with zero attached hydrogens (tertiary/aromatic N) is 1. The Balaban J connectivity index is 2.10. The van der Waals surface area contributed by atoms with Gasteiger partial charge in [0.1, 0.15) is 5.82 Å². The van der Waals surface area contributed by atoms with Crippen molar-refractivity contribution in [1.82, 2.24) is 4.98 Å². The van der Waals surface area contributed by atoms with Crippen molar-refractivity contribution in [3.8, 4) is 0 Å². The highest BCUT2D eigenvalue weighted by atomic mass is 79.9. The number of aliphatic hydroxyl groups is 1. The van der Waals surface area contributed by atoms with E-state index in [-0.39, 0.29) is 5.82 Å². The summed E-state index contributed by atoms with van der Waals surface area (Å²) in [5.41, 5.74) is 2.67. The molecule has 0 amide bonds. The molecule has 1 aromatic carbocycles. The van der Waals surface area contributed by atoms with Crippen molar-refractivity contribution in [2.75, 3.05) is 0 Å². The standard InChI is InChI=1S/C15H15BrFNO/c1-2-10-3-5-12(18-9-10)8-15(19)11-4-6-14(17)13(16)7-11/h3-7,9,15,19H,2,8H2,1H3. The van der Waals surface area contributed by atoms with Crippen molar-refractivity contribution in [2.45, 2.75) is 25.9 Å². The van der Waals surface area contributed by atoms with Crippen LogP contribution in [0.2, 0.25) is 0 Å². The molecule has 0 spiro atoms. The molecular formula is C15H15BrFNO. The van der Waals surface area contributed by atoms with Crippen molar-refractivity contribution in [2.24, 2.45) is 0 Å². The topological polar surface area (TPSA) is 33.1 Å². The van der Waals surface area contributed by atoms with Gasteiger partial charge in [0.25, 0.3) is 0 Å². The van der Waals surface area contributed by atoms with E-state index in [2.05, 4.69) is 27.8 Å². The summed E-state index contributed by atoms with van der Waals surface area (Å²) in [4.78, 5) is 4.31. The van der Waals surface area contributed by atoms with Crippen LogP contribution in [0.4, 0.5) is 4.39 Å². The molecule has 0 fully saturated rings. The van der Waals surface area contributed by atoms with Gasteiger partial charge in [0.05, 0.1) is 10.6 Å². The number of pyridine rings is 1. The Morgan fingerprint density at radius 2 is 2.11 bits per heavy atom. The van der Waals surface area contributed by atoms with Gasteiger partial charge in [-0.1, -0.05) is 19.1 Å². The number of rotatable bonds is 4. The third-order valence-electron chi connectivity index (χ3n) is 3.03. The fourth-order valence-electron chi connectivity index (χ4n) is 1.82. The predicted octanol–water partition coefficient (Wildman–Crippen LogP) is 3.82. The first-order chi connectivity index (χ1) is 9.10. The molecule has 2 nitrogen and oxygen atoms in total. The third-order valence-corrected chi connectivity index (χ3v) is 3.63. The Morgan fingerprint density at radius 1 is 1.32 bits per heavy atom. The number of aromatic nitrogens is 1. The fourth-order valence-corrected chi connectivity index (χ4v) is 2.22. The first-order valence-corrected chi connectivity index (χ1v) is 6.96. The number of aryl methyl sites for hydroxylation is 1. The van der Waals surface area contributed by atoms with Crippen LogP contribution in [0.1, 0.15) is 29.8 Å². The van der Waals surface area contributed by atoms with E-state index in [1.807, 2.05) is 18.3 Å². The SMILES string of the molecule is CCc1ccc(CC(O)c2ccc(F)c(Br)c2)nc1. The van der Waals surface area contributed by atoms with Crippen molar-refractivity contribution in [3.05, 3.63) is 63.6 Å². The number of aliphatic hydroxyl groups excluding tert-OH is 1. The van der Waals surface area contributed by atoms with Gasteiger partial charge in [0.15, 0.2) is 0 Å². The smallest absolute Gasteiger partial charge is 0.137 e. The second kappa shape index (κ2) is 6.26. The van der Waals surface area contributed by atoms with Gasteiger partial charge in [-0.25, -0.2) is 4.39 Å². The minimum Gasteiger partial charge on any atom is -0.388 e. The first kappa shape index (κ1) is 14.2. The normalized spacial score (nSPS) is 12.4. The third kappa shape index (κ3) is 3.61. The van der Waals surface area contributed by atoms with E-state index >= 15 is 0 Å². The lowest BCUT2D eigenvalue weighted by Gasteiger charge is -2.11. The van der Waals surface area contributed by atoms with Gasteiger partial charge in [-0.3, -0.25) is 4.98 Å². The van der Waals surface area contributed by atoms with E-state index in [1.54, 1.807) is 12.1 Å². The van der Waals surface area contributed by atoms with Crippen LogP contribution in [0.15, 0.2) is 41.0 Å². The molecular weight excluding hydrogens is 309 g/mol. The molecule has 0 saturated carbocycles. The summed E-state index contributed by atoms with van der Waals surface area (Å²) in [5, 5.41) is 10.1. The minimum atomic E-state index is -0.683. The molecule has 0 aliphatic carbocycles. The molecule has 1 N–H and O–H groups in total. The summed E-state index contributed by atoms with van der Waals surface area (Å²) < 4.78 is 13.5. The van der Waals surface area contributed by atoms with Crippen LogP contribution in [0, 0.1) is 5.82 Å². The highest BCUT2D eigenvalue weighted by molar-refractivity contribution is 9.10. The van der Waals surface area contributed by atoms with E-state index in [4.69, 9.17) is 0 Å². The van der Waals surface area contributed by atoms with Gasteiger partial charge < -0.3 is 5.11 Å². The van der Waals surface area contributed by atoms with Gasteiger partial charge >= 0.3 is 0 Å². The van der Waals surface area contributed by atoms with Gasteiger partial charge in [-0.2, -0.15) is 0 Å². The maximum Gasteiger partial charge on any atom is 0.137 e. The summed E-state index contributed by atoms with van der Waals surface area (Å²) >= 11 is 3.12. The second-order valence-electron chi connectivity index (χ2n) is 4.40. The minimum absolute atomic E-state index is 0.332. The first-order valence-electron chi connectivity index (χ1n) is 6.17. The summed E-state index contributed by atoms with van der Waals surface area (Å²) in [6.07, 6.45) is 2.50. The Labute approximate surface area is 120 Å². The van der Waals surface area contributed by atoms with Crippen molar-refractivity contribution in [3.63, 3.8) is 0 Å². The predicted molar refractivity (Wildman–Crippen MR) is 76.4 cm³/mol. The lowest BCUT2D eigenvalue weighted by atomic mass is 10.0. The molecule has 4 heteroatoms. The molecule has 1 aromatic heterocycles. The fraction of sp³-hybridized carbons (Fsp3) is 0.267. The average Bonchev–Trinajstić information content (AvgIpc) is 2.42. The molecule has 2 rings (SSSR count). The lowest BCUT2D eigenvalue weighted by molar-refractivity contribution is 0.177. The van der Waals surface area contributed by atoms with Gasteiger partial charge in [-0.05, 0) is 51.7 Å². The number of halogens is 2. The molecule has 1 heterocycles. The molecule has 0 aliphatic rings. The molecule has 100 valence electrons. The monoisotopic (exact) mass is 323 g/mol. The van der Waals surface area contributed by atoms with E-state index in [1.165, 1.54) is 11.6 Å². The highest BCUT2D eigenvalue weighted by Crippen LogP contribution is 2.23. The van der Waals surface area contributed by atoms with E-state index in [0.29, 0.717) is 16.5 Å². The van der Waals surface area contributed by atoms with E-state index in [9.17, 15) is 9.50 Å². The molecule has 0 saturated heterocycles. The highest BCUT2D eigenvalue weighted by Gasteiger charge is 2.11. The quantitative estimate of drug-likeness (QED) is 0.927. The molecule has 0 bridgehead atoms. The van der Waals surface area contributed by atoms with Crippen LogP contribution in [0.3, 0.4) is 0 Å². The zero-order chi connectivity index (χ0) is 13.8. The Kier molecular flexibility index (Phi) is 4.66. The van der Waals surface area contributed by atoms with Crippen LogP contribution in [-0.4, -0.2) is 10.1 Å². The summed E-state index contributed by atoms with van der Waals surface area (Å²) in [7, 11) is 0. The van der Waals surface area contributed by atoms with Crippen LogP contribution in [0.25, 0.3) is 0 Å². The number of hydrogen-bond acceptors (Lipinski definition) is 2. The Morgan fingerprint density at radius 3 is 2.68 bits per heavy atom. The Hall–Kier alpha value is -1.26. The van der Waals surface area contributed by atoms with Crippen molar-refractivity contribution < 1.29 is 9.50 Å². The van der Waals surface area contributed by atoms with E-state index in [0.717, 1.165) is 12.1 Å². The molecule has 19 heavy (non-hydrogen) atoms. The average molecular weight is 324 g/mol. The maximum absolute atomic E-state index is 13.1. The second-order valence-corrected chi connectivity index (χ2v) is 5.26. The van der Waals surface area contributed by atoms with Crippen LogP contribution >= 0.6 is 15.9 Å². The zero-order valence-electron chi connectivity index (χ0n) is 10.6. The van der Waals surface area contributed by atoms with Crippen molar-refractivity contribution >= 4 is 15.9 Å². The lowest BCUT2D eigenvalue weighted by Crippen LogP contribution is -2.04. The van der Waals surface area contributed by atoms with Crippen LogP contribution in [-0.2, 0) is 12.8 Å². The molecule has 1 atom stereocenters. The van der Waals surface area contributed by atoms with Gasteiger partial charge in [0, 0.05) is 18.3 Å². The molecule has 2 aromatic rings. The maximum atomic E-state index is 13.1. The van der Waals surface area contributed by atoms with Crippen LogP contribution in [0.5, 0.6) is 0 Å². The largest absolute Gasteiger partial charge is 0.388 e. The molecule has 0 radical (unpaired) electrons. The van der Waals surface area contributed by atoms with Gasteiger partial charge in [0.2, 0.25) is 0 Å². The van der Waals surface area contributed by atoms with Gasteiger partial charge in [-0.15, -0.1) is 0 Å². The van der Waals surface area contributed by atoms with Crippen molar-refractivity contribution in [1.29, 1.82) is 0 Å². The van der Waals surface area contributed by atoms with Crippen LogP contribution < -0.4 is 0 Å².